The van der Waals surface area contributed by atoms with Gasteiger partial charge in [-0.15, -0.1) is 0 Å². The molecule has 2 aromatic rings. The molecule has 0 spiro atoms. The monoisotopic (exact) mass is 452 g/mol. The summed E-state index contributed by atoms with van der Waals surface area (Å²) in [7, 11) is 0. The standard InChI is InChI=1S/C26H32N2O5/c1-5-10-21(23(29)28-22(24(30)31)26(2,3)4)27-25(32)33-15-20-18-13-8-6-11-16(18)17-12-7-9-14-19(17)20/h6-9,11-14,20-22H,5,10,15H2,1-4H3,(H,27,32)(H,28,29)(H,30,31). The Morgan fingerprint density at radius 2 is 1.52 bits per heavy atom. The van der Waals surface area contributed by atoms with Gasteiger partial charge in [-0.3, -0.25) is 4.79 Å². The summed E-state index contributed by atoms with van der Waals surface area (Å²) in [6, 6.07) is 14.1. The van der Waals surface area contributed by atoms with Crippen LogP contribution in [-0.4, -0.2) is 41.8 Å². The number of alkyl carbamates (subject to hydrolysis) is 1. The number of carbonyl (C=O) groups is 3. The molecule has 0 saturated carbocycles. The molecule has 0 aliphatic heterocycles. The largest absolute Gasteiger partial charge is 0.480 e. The van der Waals surface area contributed by atoms with Gasteiger partial charge in [-0.05, 0) is 34.1 Å². The lowest BCUT2D eigenvalue weighted by Crippen LogP contribution is -2.55. The number of fused-ring (bicyclic) bond motifs is 3. The van der Waals surface area contributed by atoms with Crippen LogP contribution in [0.5, 0.6) is 0 Å². The van der Waals surface area contributed by atoms with Gasteiger partial charge in [0.1, 0.15) is 18.7 Å². The molecule has 3 N–H and O–H groups in total. The predicted molar refractivity (Wildman–Crippen MR) is 126 cm³/mol. The molecule has 2 amide bonds. The van der Waals surface area contributed by atoms with Crippen molar-refractivity contribution in [1.82, 2.24) is 10.6 Å². The molecule has 0 fully saturated rings. The Morgan fingerprint density at radius 3 is 2.00 bits per heavy atom. The highest BCUT2D eigenvalue weighted by Gasteiger charge is 2.35. The van der Waals surface area contributed by atoms with E-state index in [1.165, 1.54) is 0 Å². The third kappa shape index (κ3) is 5.53. The van der Waals surface area contributed by atoms with Crippen molar-refractivity contribution in [3.63, 3.8) is 0 Å². The van der Waals surface area contributed by atoms with Crippen LogP contribution in [0.4, 0.5) is 4.79 Å². The second-order valence-electron chi connectivity index (χ2n) is 9.46. The van der Waals surface area contributed by atoms with Crippen LogP contribution in [0.1, 0.15) is 57.6 Å². The smallest absolute Gasteiger partial charge is 0.407 e. The molecule has 0 aromatic heterocycles. The van der Waals surface area contributed by atoms with Crippen LogP contribution in [-0.2, 0) is 14.3 Å². The minimum Gasteiger partial charge on any atom is -0.480 e. The van der Waals surface area contributed by atoms with Crippen LogP contribution < -0.4 is 10.6 Å². The van der Waals surface area contributed by atoms with Crippen molar-refractivity contribution in [3.8, 4) is 11.1 Å². The summed E-state index contributed by atoms with van der Waals surface area (Å²) in [6.07, 6.45) is 0.301. The maximum atomic E-state index is 12.8. The van der Waals surface area contributed by atoms with Crippen molar-refractivity contribution in [3.05, 3.63) is 59.7 Å². The summed E-state index contributed by atoms with van der Waals surface area (Å²) in [6.45, 7) is 7.23. The Bertz CT molecular complexity index is 982. The third-order valence-corrected chi connectivity index (χ3v) is 5.93. The summed E-state index contributed by atoms with van der Waals surface area (Å²) in [5, 5.41) is 14.7. The van der Waals surface area contributed by atoms with Crippen LogP contribution in [0.25, 0.3) is 11.1 Å². The Balaban J connectivity index is 1.66. The van der Waals surface area contributed by atoms with E-state index in [1.54, 1.807) is 20.8 Å². The summed E-state index contributed by atoms with van der Waals surface area (Å²) in [5.41, 5.74) is 3.79. The van der Waals surface area contributed by atoms with E-state index in [2.05, 4.69) is 22.8 Å². The van der Waals surface area contributed by atoms with E-state index < -0.39 is 35.5 Å². The minimum atomic E-state index is -1.12. The first-order valence-corrected chi connectivity index (χ1v) is 11.3. The van der Waals surface area contributed by atoms with Crippen LogP contribution in [0, 0.1) is 5.41 Å². The van der Waals surface area contributed by atoms with Gasteiger partial charge in [-0.2, -0.15) is 0 Å². The number of carboxylic acid groups (broad SMARTS) is 1. The SMILES string of the molecule is CCCC(NC(=O)OCC1c2ccccc2-c2ccccc21)C(=O)NC(C(=O)O)C(C)(C)C. The first kappa shape index (κ1) is 24.3. The topological polar surface area (TPSA) is 105 Å². The van der Waals surface area contributed by atoms with Crippen LogP contribution in [0.2, 0.25) is 0 Å². The summed E-state index contributed by atoms with van der Waals surface area (Å²) in [4.78, 5) is 37.0. The van der Waals surface area contributed by atoms with E-state index >= 15 is 0 Å². The van der Waals surface area contributed by atoms with E-state index in [0.29, 0.717) is 12.8 Å². The molecule has 0 heterocycles. The van der Waals surface area contributed by atoms with Gasteiger partial charge in [0.15, 0.2) is 0 Å². The van der Waals surface area contributed by atoms with Crippen molar-refractivity contribution in [2.24, 2.45) is 5.41 Å². The molecule has 1 aliphatic rings. The number of carboxylic acids is 1. The Morgan fingerprint density at radius 1 is 0.970 bits per heavy atom. The number of rotatable bonds is 8. The quantitative estimate of drug-likeness (QED) is 0.554. The summed E-state index contributed by atoms with van der Waals surface area (Å²) < 4.78 is 5.54. The van der Waals surface area contributed by atoms with Gasteiger partial charge < -0.3 is 20.5 Å². The molecule has 3 rings (SSSR count). The van der Waals surface area contributed by atoms with E-state index in [0.717, 1.165) is 22.3 Å². The molecule has 0 bridgehead atoms. The number of hydrogen-bond acceptors (Lipinski definition) is 4. The third-order valence-electron chi connectivity index (χ3n) is 5.93. The zero-order valence-electron chi connectivity index (χ0n) is 19.6. The molecule has 1 aliphatic carbocycles. The van der Waals surface area contributed by atoms with Crippen LogP contribution >= 0.6 is 0 Å². The lowest BCUT2D eigenvalue weighted by Gasteiger charge is -2.29. The maximum absolute atomic E-state index is 12.8. The highest BCUT2D eigenvalue weighted by molar-refractivity contribution is 5.89. The van der Waals surface area contributed by atoms with E-state index in [1.807, 2.05) is 43.3 Å². The molecule has 7 nitrogen and oxygen atoms in total. The van der Waals surface area contributed by atoms with E-state index in [9.17, 15) is 19.5 Å². The van der Waals surface area contributed by atoms with Gasteiger partial charge in [-0.25, -0.2) is 9.59 Å². The van der Waals surface area contributed by atoms with Crippen molar-refractivity contribution in [2.75, 3.05) is 6.61 Å². The average molecular weight is 453 g/mol. The fourth-order valence-electron chi connectivity index (χ4n) is 4.23. The first-order valence-electron chi connectivity index (χ1n) is 11.3. The summed E-state index contributed by atoms with van der Waals surface area (Å²) >= 11 is 0. The van der Waals surface area contributed by atoms with Gasteiger partial charge in [0.2, 0.25) is 5.91 Å². The van der Waals surface area contributed by atoms with Crippen molar-refractivity contribution in [1.29, 1.82) is 0 Å². The molecule has 2 atom stereocenters. The Kier molecular flexibility index (Phi) is 7.41. The van der Waals surface area contributed by atoms with Crippen molar-refractivity contribution < 1.29 is 24.2 Å². The molecule has 2 aromatic carbocycles. The van der Waals surface area contributed by atoms with E-state index in [-0.39, 0.29) is 12.5 Å². The number of ether oxygens (including phenoxy) is 1. The molecule has 0 saturated heterocycles. The van der Waals surface area contributed by atoms with Gasteiger partial charge in [0, 0.05) is 5.92 Å². The second kappa shape index (κ2) is 10.1. The number of amides is 2. The Labute approximate surface area is 194 Å². The lowest BCUT2D eigenvalue weighted by molar-refractivity contribution is -0.145. The van der Waals surface area contributed by atoms with Gasteiger partial charge in [0.25, 0.3) is 0 Å². The normalized spacial score (nSPS) is 14.5. The number of carbonyl (C=O) groups excluding carboxylic acids is 2. The number of hydrogen-bond donors (Lipinski definition) is 3. The highest BCUT2D eigenvalue weighted by Crippen LogP contribution is 2.44. The molecule has 0 radical (unpaired) electrons. The highest BCUT2D eigenvalue weighted by atomic mass is 16.5. The van der Waals surface area contributed by atoms with E-state index in [4.69, 9.17) is 4.74 Å². The minimum absolute atomic E-state index is 0.0844. The zero-order valence-corrected chi connectivity index (χ0v) is 19.6. The fraction of sp³-hybridized carbons (Fsp3) is 0.423. The second-order valence-corrected chi connectivity index (χ2v) is 9.46. The van der Waals surface area contributed by atoms with Gasteiger partial charge in [-0.1, -0.05) is 82.6 Å². The van der Waals surface area contributed by atoms with Gasteiger partial charge in [0.05, 0.1) is 0 Å². The number of aliphatic carboxylic acids is 1. The van der Waals surface area contributed by atoms with Gasteiger partial charge >= 0.3 is 12.1 Å². The first-order chi connectivity index (χ1) is 15.6. The Hall–Kier alpha value is -3.35. The predicted octanol–water partition coefficient (Wildman–Crippen LogP) is 4.31. The maximum Gasteiger partial charge on any atom is 0.407 e. The molecular formula is C26H32N2O5. The average Bonchev–Trinajstić information content (AvgIpc) is 3.08. The zero-order chi connectivity index (χ0) is 24.2. The molecule has 176 valence electrons. The van der Waals surface area contributed by atoms with Crippen molar-refractivity contribution in [2.45, 2.75) is 58.5 Å². The molecular weight excluding hydrogens is 420 g/mol. The summed E-state index contributed by atoms with van der Waals surface area (Å²) in [5.74, 6) is -1.74. The molecule has 33 heavy (non-hydrogen) atoms. The molecule has 2 unspecified atom stereocenters. The number of nitrogens with one attached hydrogen (secondary N) is 2. The van der Waals surface area contributed by atoms with Crippen LogP contribution in [0.15, 0.2) is 48.5 Å². The van der Waals surface area contributed by atoms with Crippen LogP contribution in [0.3, 0.4) is 0 Å². The lowest BCUT2D eigenvalue weighted by atomic mass is 9.86. The fourth-order valence-corrected chi connectivity index (χ4v) is 4.23. The van der Waals surface area contributed by atoms with Crippen molar-refractivity contribution >= 4 is 18.0 Å². The number of benzene rings is 2. The molecule has 7 heteroatoms.